The molecule has 0 heterocycles. The Morgan fingerprint density at radius 2 is 1.92 bits per heavy atom. The molecule has 3 nitrogen and oxygen atoms in total. The van der Waals surface area contributed by atoms with Crippen molar-refractivity contribution in [1.29, 1.82) is 0 Å². The third-order valence-corrected chi connectivity index (χ3v) is 8.29. The zero-order valence-corrected chi connectivity index (χ0v) is 10.2. The van der Waals surface area contributed by atoms with Crippen LogP contribution in [0.3, 0.4) is 0 Å². The van der Waals surface area contributed by atoms with Crippen LogP contribution >= 0.6 is 0 Å². The van der Waals surface area contributed by atoms with Crippen LogP contribution in [0.5, 0.6) is 0 Å². The zero-order chi connectivity index (χ0) is 9.83. The Morgan fingerprint density at radius 1 is 1.42 bits per heavy atom. The van der Waals surface area contributed by atoms with Crippen LogP contribution in [-0.2, 0) is 10.1 Å². The first-order valence-corrected chi connectivity index (χ1v) is 7.49. The van der Waals surface area contributed by atoms with Crippen LogP contribution in [-0.4, -0.2) is 26.9 Å². The normalized spacial score (nSPS) is 18.3. The molecule has 0 aliphatic carbocycles. The van der Waals surface area contributed by atoms with Crippen molar-refractivity contribution in [2.24, 2.45) is 0 Å². The summed E-state index contributed by atoms with van der Waals surface area (Å²) in [5.74, 6) is 0. The predicted molar refractivity (Wildman–Crippen MR) is 53.9 cm³/mol. The van der Waals surface area contributed by atoms with Gasteiger partial charge in [0.15, 0.2) is 0 Å². The van der Waals surface area contributed by atoms with Gasteiger partial charge in [-0.05, 0) is 13.3 Å². The second-order valence-corrected chi connectivity index (χ2v) is 8.60. The summed E-state index contributed by atoms with van der Waals surface area (Å²) in [5.41, 5.74) is 0. The second kappa shape index (κ2) is 4.39. The molecule has 74 valence electrons. The molecule has 0 fully saturated rings. The predicted octanol–water partition coefficient (Wildman–Crippen LogP) is 0.998. The fraction of sp³-hybridized carbons (Fsp3) is 1.00. The van der Waals surface area contributed by atoms with Crippen LogP contribution in [0.1, 0.15) is 33.6 Å². The molecular formula is C7H18O3SSi. The van der Waals surface area contributed by atoms with Gasteiger partial charge in [-0.1, -0.05) is 26.3 Å². The molecule has 0 aliphatic heterocycles. The van der Waals surface area contributed by atoms with Gasteiger partial charge in [-0.25, -0.2) is 0 Å². The monoisotopic (exact) mass is 210 g/mol. The van der Waals surface area contributed by atoms with E-state index >= 15 is 0 Å². The van der Waals surface area contributed by atoms with Gasteiger partial charge in [0.1, 0.15) is 0 Å². The molecule has 1 N–H and O–H groups in total. The topological polar surface area (TPSA) is 54.4 Å². The average molecular weight is 210 g/mol. The summed E-state index contributed by atoms with van der Waals surface area (Å²) < 4.78 is 30.1. The van der Waals surface area contributed by atoms with Crippen LogP contribution in [0.25, 0.3) is 0 Å². The van der Waals surface area contributed by atoms with E-state index in [-0.39, 0.29) is 0 Å². The minimum Gasteiger partial charge on any atom is -0.285 e. The maximum atomic E-state index is 11.0. The van der Waals surface area contributed by atoms with E-state index in [0.717, 1.165) is 12.5 Å². The smallest absolute Gasteiger partial charge is 0.266 e. The van der Waals surface area contributed by atoms with E-state index in [9.17, 15) is 8.42 Å². The quantitative estimate of drug-likeness (QED) is 0.544. The van der Waals surface area contributed by atoms with E-state index in [0.29, 0.717) is 6.42 Å². The summed E-state index contributed by atoms with van der Waals surface area (Å²) in [7, 11) is -4.54. The van der Waals surface area contributed by atoms with Gasteiger partial charge in [0, 0.05) is 9.52 Å². The van der Waals surface area contributed by atoms with Gasteiger partial charge in [0.25, 0.3) is 10.1 Å². The molecule has 5 heteroatoms. The lowest BCUT2D eigenvalue weighted by atomic mass is 10.4. The van der Waals surface area contributed by atoms with Crippen LogP contribution in [0, 0.1) is 0 Å². The molecule has 0 saturated heterocycles. The Balaban J connectivity index is 4.47. The fourth-order valence-electron chi connectivity index (χ4n) is 1.04. The highest BCUT2D eigenvalue weighted by Crippen LogP contribution is 2.20. The first-order valence-electron chi connectivity index (χ1n) is 4.34. The number of hydrogen-bond acceptors (Lipinski definition) is 2. The highest BCUT2D eigenvalue weighted by Gasteiger charge is 2.35. The molecule has 0 saturated carbocycles. The summed E-state index contributed by atoms with van der Waals surface area (Å²) in [6, 6.07) is 0.976. The van der Waals surface area contributed by atoms with E-state index < -0.39 is 24.0 Å². The van der Waals surface area contributed by atoms with E-state index in [2.05, 4.69) is 0 Å². The Morgan fingerprint density at radius 3 is 2.17 bits per heavy atom. The Hall–Kier alpha value is 0.127. The van der Waals surface area contributed by atoms with Crippen molar-refractivity contribution < 1.29 is 13.0 Å². The molecule has 0 amide bonds. The van der Waals surface area contributed by atoms with Gasteiger partial charge in [-0.15, -0.1) is 0 Å². The average Bonchev–Trinajstić information content (AvgIpc) is 1.98. The molecule has 12 heavy (non-hydrogen) atoms. The third-order valence-electron chi connectivity index (χ3n) is 2.43. The van der Waals surface area contributed by atoms with Gasteiger partial charge < -0.3 is 0 Å². The summed E-state index contributed by atoms with van der Waals surface area (Å²) in [5, 5.41) is 0. The molecule has 0 aromatic heterocycles. The Kier molecular flexibility index (Phi) is 4.43. The molecule has 0 aliphatic rings. The maximum Gasteiger partial charge on any atom is 0.266 e. The van der Waals surface area contributed by atoms with E-state index in [4.69, 9.17) is 4.55 Å². The summed E-state index contributed by atoms with van der Waals surface area (Å²) >= 11 is 0. The lowest BCUT2D eigenvalue weighted by Gasteiger charge is -2.23. The van der Waals surface area contributed by atoms with Crippen molar-refractivity contribution in [3.8, 4) is 0 Å². The molecule has 0 radical (unpaired) electrons. The van der Waals surface area contributed by atoms with Crippen molar-refractivity contribution in [2.45, 2.75) is 44.0 Å². The van der Waals surface area contributed by atoms with Crippen LogP contribution in [0.2, 0.25) is 6.04 Å². The molecular weight excluding hydrogens is 192 g/mol. The van der Waals surface area contributed by atoms with Crippen molar-refractivity contribution in [3.63, 3.8) is 0 Å². The molecule has 0 bridgehead atoms. The van der Waals surface area contributed by atoms with Crippen molar-refractivity contribution >= 4 is 19.6 Å². The van der Waals surface area contributed by atoms with Gasteiger partial charge >= 0.3 is 0 Å². The largest absolute Gasteiger partial charge is 0.285 e. The lowest BCUT2D eigenvalue weighted by molar-refractivity contribution is 0.458. The van der Waals surface area contributed by atoms with Gasteiger partial charge in [-0.3, -0.25) is 4.55 Å². The highest BCUT2D eigenvalue weighted by molar-refractivity contribution is 7.88. The number of rotatable bonds is 5. The Bertz CT molecular complexity index is 225. The third kappa shape index (κ3) is 2.88. The molecule has 0 aromatic carbocycles. The fourth-order valence-corrected chi connectivity index (χ4v) is 4.32. The molecule has 1 atom stereocenters. The van der Waals surface area contributed by atoms with Crippen LogP contribution in [0.15, 0.2) is 0 Å². The van der Waals surface area contributed by atoms with Gasteiger partial charge in [0.05, 0.1) is 4.37 Å². The van der Waals surface area contributed by atoms with Crippen molar-refractivity contribution in [3.05, 3.63) is 0 Å². The number of hydrogen-bond donors (Lipinski definition) is 1. The van der Waals surface area contributed by atoms with Gasteiger partial charge in [-0.2, -0.15) is 8.42 Å². The lowest BCUT2D eigenvalue weighted by Crippen LogP contribution is -2.40. The van der Waals surface area contributed by atoms with E-state index in [1.165, 1.54) is 0 Å². The van der Waals surface area contributed by atoms with Crippen LogP contribution in [0.4, 0.5) is 0 Å². The second-order valence-electron chi connectivity index (χ2n) is 3.38. The zero-order valence-electron chi connectivity index (χ0n) is 8.00. The minimum absolute atomic E-state index is 0.526. The molecule has 0 aromatic rings. The summed E-state index contributed by atoms with van der Waals surface area (Å²) in [4.78, 5) is 0. The van der Waals surface area contributed by atoms with Crippen molar-refractivity contribution in [1.82, 2.24) is 0 Å². The van der Waals surface area contributed by atoms with Crippen LogP contribution < -0.4 is 0 Å². The summed E-state index contributed by atoms with van der Waals surface area (Å²) in [6.45, 7) is 5.51. The standard InChI is InChI=1S/C7H18O3SSi/c1-4-6-12-7(3,5-2)11(8,9)10/h4-6,12H2,1-3H3,(H,8,9,10). The summed E-state index contributed by atoms with van der Waals surface area (Å²) in [6.07, 6.45) is 1.54. The SMILES string of the molecule is CCC[SiH2]C(C)(CC)S(=O)(=O)O. The van der Waals surface area contributed by atoms with Crippen molar-refractivity contribution in [2.75, 3.05) is 0 Å². The van der Waals surface area contributed by atoms with E-state index in [1.807, 2.05) is 13.8 Å². The molecule has 0 spiro atoms. The minimum atomic E-state index is -3.83. The van der Waals surface area contributed by atoms with E-state index in [1.54, 1.807) is 6.92 Å². The molecule has 0 rings (SSSR count). The van der Waals surface area contributed by atoms with Gasteiger partial charge in [0.2, 0.25) is 0 Å². The Labute approximate surface area is 77.1 Å². The maximum absolute atomic E-state index is 11.0. The first-order chi connectivity index (χ1) is 5.37. The highest BCUT2D eigenvalue weighted by atomic mass is 32.2. The first kappa shape index (κ1) is 12.1. The molecule has 1 unspecified atom stereocenters.